The van der Waals surface area contributed by atoms with Crippen LogP contribution in [0.3, 0.4) is 0 Å². The van der Waals surface area contributed by atoms with Crippen molar-refractivity contribution in [3.8, 4) is 0 Å². The number of halogens is 1. The third kappa shape index (κ3) is 2.72. The molecule has 1 aliphatic carbocycles. The molecule has 0 aromatic heterocycles. The molecule has 5 heteroatoms. The summed E-state index contributed by atoms with van der Waals surface area (Å²) in [6, 6.07) is 4.88. The molecule has 0 unspecified atom stereocenters. The second-order valence-corrected chi connectivity index (χ2v) is 7.06. The van der Waals surface area contributed by atoms with Crippen molar-refractivity contribution in [2.75, 3.05) is 6.54 Å². The summed E-state index contributed by atoms with van der Waals surface area (Å²) in [7, 11) is -3.52. The van der Waals surface area contributed by atoms with E-state index < -0.39 is 15.8 Å². The van der Waals surface area contributed by atoms with Crippen LogP contribution < -0.4 is 4.72 Å². The smallest absolute Gasteiger partial charge is 0.211 e. The van der Waals surface area contributed by atoms with Crippen LogP contribution in [0, 0.1) is 17.2 Å². The second kappa shape index (κ2) is 4.63. The fourth-order valence-electron chi connectivity index (χ4n) is 2.05. The van der Waals surface area contributed by atoms with Gasteiger partial charge in [-0.2, -0.15) is 0 Å². The van der Waals surface area contributed by atoms with E-state index in [-0.39, 0.29) is 10.3 Å². The van der Waals surface area contributed by atoms with E-state index in [0.29, 0.717) is 12.5 Å². The van der Waals surface area contributed by atoms with Crippen LogP contribution in [0.1, 0.15) is 26.7 Å². The van der Waals surface area contributed by atoms with Crippen LogP contribution in [-0.4, -0.2) is 15.0 Å². The molecule has 1 saturated carbocycles. The molecule has 0 amide bonds. The summed E-state index contributed by atoms with van der Waals surface area (Å²) in [4.78, 5) is 0.114. The van der Waals surface area contributed by atoms with E-state index in [1.165, 1.54) is 12.1 Å². The lowest BCUT2D eigenvalue weighted by Gasteiger charge is -2.19. The van der Waals surface area contributed by atoms with Crippen molar-refractivity contribution in [2.24, 2.45) is 11.3 Å². The van der Waals surface area contributed by atoms with Crippen molar-refractivity contribution in [2.45, 2.75) is 31.6 Å². The number of rotatable bonds is 5. The van der Waals surface area contributed by atoms with Gasteiger partial charge in [0.25, 0.3) is 0 Å². The standard InChI is InChI=1S/C13H18FNO2S/c1-10(2)13(7-8-13)9-15-18(16,17)12-5-3-11(14)4-6-12/h3-6,10,15H,7-9H2,1-2H3. The molecule has 1 aliphatic rings. The molecule has 0 heterocycles. The molecular weight excluding hydrogens is 253 g/mol. The van der Waals surface area contributed by atoms with E-state index in [4.69, 9.17) is 0 Å². The van der Waals surface area contributed by atoms with Crippen LogP contribution in [0.2, 0.25) is 0 Å². The van der Waals surface area contributed by atoms with Gasteiger partial charge >= 0.3 is 0 Å². The highest BCUT2D eigenvalue weighted by Gasteiger charge is 2.45. The number of hydrogen-bond donors (Lipinski definition) is 1. The lowest BCUT2D eigenvalue weighted by Crippen LogP contribution is -2.32. The van der Waals surface area contributed by atoms with Crippen molar-refractivity contribution in [1.29, 1.82) is 0 Å². The SMILES string of the molecule is CC(C)C1(CNS(=O)(=O)c2ccc(F)cc2)CC1. The van der Waals surface area contributed by atoms with Crippen molar-refractivity contribution < 1.29 is 12.8 Å². The summed E-state index contributed by atoms with van der Waals surface area (Å²) in [5.74, 6) is 0.0308. The zero-order valence-corrected chi connectivity index (χ0v) is 11.4. The predicted molar refractivity (Wildman–Crippen MR) is 68.1 cm³/mol. The first-order valence-electron chi connectivity index (χ1n) is 6.11. The quantitative estimate of drug-likeness (QED) is 0.894. The van der Waals surface area contributed by atoms with E-state index in [1.807, 2.05) is 0 Å². The zero-order chi connectivity index (χ0) is 13.4. The van der Waals surface area contributed by atoms with Gasteiger partial charge in [-0.05, 0) is 48.4 Å². The molecule has 18 heavy (non-hydrogen) atoms. The molecule has 1 fully saturated rings. The highest BCUT2D eigenvalue weighted by atomic mass is 32.2. The van der Waals surface area contributed by atoms with Gasteiger partial charge in [0.1, 0.15) is 5.82 Å². The second-order valence-electron chi connectivity index (χ2n) is 5.30. The first kappa shape index (κ1) is 13.5. The average molecular weight is 271 g/mol. The third-order valence-corrected chi connectivity index (χ3v) is 5.27. The molecule has 0 bridgehead atoms. The van der Waals surface area contributed by atoms with E-state index >= 15 is 0 Å². The Bertz CT molecular complexity index is 518. The van der Waals surface area contributed by atoms with Gasteiger partial charge < -0.3 is 0 Å². The van der Waals surface area contributed by atoms with E-state index in [0.717, 1.165) is 25.0 Å². The van der Waals surface area contributed by atoms with Gasteiger partial charge in [-0.1, -0.05) is 13.8 Å². The van der Waals surface area contributed by atoms with Crippen LogP contribution in [0.15, 0.2) is 29.2 Å². The first-order valence-corrected chi connectivity index (χ1v) is 7.59. The van der Waals surface area contributed by atoms with Gasteiger partial charge in [0, 0.05) is 6.54 Å². The molecule has 1 N–H and O–H groups in total. The molecule has 0 atom stereocenters. The van der Waals surface area contributed by atoms with Crippen LogP contribution in [0.4, 0.5) is 4.39 Å². The van der Waals surface area contributed by atoms with Crippen LogP contribution in [0.25, 0.3) is 0 Å². The zero-order valence-electron chi connectivity index (χ0n) is 10.6. The summed E-state index contributed by atoms with van der Waals surface area (Å²) < 4.78 is 39.4. The molecule has 100 valence electrons. The maximum atomic E-state index is 12.8. The van der Waals surface area contributed by atoms with E-state index in [2.05, 4.69) is 18.6 Å². The highest BCUT2D eigenvalue weighted by molar-refractivity contribution is 7.89. The number of nitrogens with one attached hydrogen (secondary N) is 1. The third-order valence-electron chi connectivity index (χ3n) is 3.86. The molecule has 0 spiro atoms. The minimum atomic E-state index is -3.52. The first-order chi connectivity index (χ1) is 8.36. The number of sulfonamides is 1. The molecule has 2 rings (SSSR count). The fourth-order valence-corrected chi connectivity index (χ4v) is 3.19. The van der Waals surface area contributed by atoms with Crippen molar-refractivity contribution in [1.82, 2.24) is 4.72 Å². The molecule has 3 nitrogen and oxygen atoms in total. The van der Waals surface area contributed by atoms with Gasteiger partial charge in [-0.25, -0.2) is 17.5 Å². The Labute approximate surface area is 107 Å². The Hall–Kier alpha value is -0.940. The minimum Gasteiger partial charge on any atom is -0.211 e. The Morgan fingerprint density at radius 2 is 1.83 bits per heavy atom. The highest BCUT2D eigenvalue weighted by Crippen LogP contribution is 2.51. The lowest BCUT2D eigenvalue weighted by molar-refractivity contribution is 0.357. The van der Waals surface area contributed by atoms with Gasteiger partial charge in [0.2, 0.25) is 10.0 Å². The normalized spacial score (nSPS) is 18.0. The minimum absolute atomic E-state index is 0.114. The molecule has 0 saturated heterocycles. The Kier molecular flexibility index (Phi) is 3.47. The van der Waals surface area contributed by atoms with Crippen molar-refractivity contribution in [3.05, 3.63) is 30.1 Å². The molecule has 1 aromatic carbocycles. The molecular formula is C13H18FNO2S. The van der Waals surface area contributed by atoms with Crippen LogP contribution >= 0.6 is 0 Å². The van der Waals surface area contributed by atoms with Gasteiger partial charge in [0.15, 0.2) is 0 Å². The monoisotopic (exact) mass is 271 g/mol. The van der Waals surface area contributed by atoms with Crippen molar-refractivity contribution >= 4 is 10.0 Å². The Morgan fingerprint density at radius 3 is 2.28 bits per heavy atom. The number of hydrogen-bond acceptors (Lipinski definition) is 2. The summed E-state index contributed by atoms with van der Waals surface area (Å²) >= 11 is 0. The van der Waals surface area contributed by atoms with E-state index in [1.54, 1.807) is 0 Å². The molecule has 1 aromatic rings. The number of benzene rings is 1. The summed E-state index contributed by atoms with van der Waals surface area (Å²) in [5.41, 5.74) is 0.118. The Morgan fingerprint density at radius 1 is 1.28 bits per heavy atom. The molecule has 0 aliphatic heterocycles. The largest absolute Gasteiger partial charge is 0.240 e. The summed E-state index contributed by atoms with van der Waals surface area (Å²) in [6.45, 7) is 4.68. The molecule has 0 radical (unpaired) electrons. The van der Waals surface area contributed by atoms with E-state index in [9.17, 15) is 12.8 Å². The average Bonchev–Trinajstić information content (AvgIpc) is 3.08. The van der Waals surface area contributed by atoms with Crippen LogP contribution in [0.5, 0.6) is 0 Å². The maximum absolute atomic E-state index is 12.8. The van der Waals surface area contributed by atoms with Gasteiger partial charge in [0.05, 0.1) is 4.90 Å². The predicted octanol–water partition coefficient (Wildman–Crippen LogP) is 2.54. The summed E-state index contributed by atoms with van der Waals surface area (Å²) in [5, 5.41) is 0. The van der Waals surface area contributed by atoms with Crippen LogP contribution in [-0.2, 0) is 10.0 Å². The lowest BCUT2D eigenvalue weighted by atomic mass is 9.93. The fraction of sp³-hybridized carbons (Fsp3) is 0.538. The summed E-state index contributed by atoms with van der Waals surface area (Å²) in [6.07, 6.45) is 2.13. The van der Waals surface area contributed by atoms with Gasteiger partial charge in [-0.3, -0.25) is 0 Å². The van der Waals surface area contributed by atoms with Gasteiger partial charge in [-0.15, -0.1) is 0 Å². The maximum Gasteiger partial charge on any atom is 0.240 e. The van der Waals surface area contributed by atoms with Crippen molar-refractivity contribution in [3.63, 3.8) is 0 Å². The topological polar surface area (TPSA) is 46.2 Å². The Balaban J connectivity index is 2.06.